The quantitative estimate of drug-likeness (QED) is 0.186. The summed E-state index contributed by atoms with van der Waals surface area (Å²) in [4.78, 5) is 41.5. The lowest BCUT2D eigenvalue weighted by atomic mass is 10.1. The molecule has 1 N–H and O–H groups in total. The minimum Gasteiger partial charge on any atom is -0.351 e. The molecule has 0 aliphatic rings. The average molecular weight is 558 g/mol. The van der Waals surface area contributed by atoms with E-state index in [-0.39, 0.29) is 22.2 Å². The Morgan fingerprint density at radius 1 is 1.05 bits per heavy atom. The van der Waals surface area contributed by atoms with Crippen molar-refractivity contribution in [3.8, 4) is 5.69 Å². The molecule has 10 heteroatoms. The van der Waals surface area contributed by atoms with E-state index in [1.54, 1.807) is 49.0 Å². The lowest BCUT2D eigenvalue weighted by molar-refractivity contribution is -0.116. The molecular weight excluding hydrogens is 531 g/mol. The van der Waals surface area contributed by atoms with Crippen molar-refractivity contribution in [3.63, 3.8) is 0 Å². The van der Waals surface area contributed by atoms with Crippen LogP contribution in [0.4, 0.5) is 5.69 Å². The highest BCUT2D eigenvalue weighted by atomic mass is 35.5. The summed E-state index contributed by atoms with van der Waals surface area (Å²) in [6.07, 6.45) is 0.750. The molecule has 0 atom stereocenters. The number of anilines is 1. The number of benzene rings is 3. The number of nitrogens with one attached hydrogen (secondary N) is 1. The Morgan fingerprint density at radius 3 is 2.43 bits per heavy atom. The summed E-state index contributed by atoms with van der Waals surface area (Å²) >= 11 is 13.4. The van der Waals surface area contributed by atoms with Gasteiger partial charge >= 0.3 is 0 Å². The van der Waals surface area contributed by atoms with E-state index >= 15 is 0 Å². The van der Waals surface area contributed by atoms with Crippen molar-refractivity contribution >= 4 is 63.9 Å². The van der Waals surface area contributed by atoms with Gasteiger partial charge in [-0.15, -0.1) is 0 Å². The van der Waals surface area contributed by atoms with Gasteiger partial charge in [0.15, 0.2) is 5.16 Å². The summed E-state index contributed by atoms with van der Waals surface area (Å²) in [7, 11) is 3.38. The molecule has 3 aromatic carbocycles. The SMILES string of the molecule is CN(C)C=O.Cc1ccc(-n2c(SCC(=O)Nc3cccc(Cl)c3Cl)nc3ccccc3c2=O)cc1C. The van der Waals surface area contributed by atoms with Crippen molar-refractivity contribution in [3.05, 3.63) is 92.2 Å². The van der Waals surface area contributed by atoms with Crippen LogP contribution in [0.3, 0.4) is 0 Å². The second-order valence-electron chi connectivity index (χ2n) is 8.33. The highest BCUT2D eigenvalue weighted by molar-refractivity contribution is 7.99. The maximum absolute atomic E-state index is 13.3. The van der Waals surface area contributed by atoms with E-state index in [1.165, 1.54) is 16.7 Å². The number of aryl methyl sites for hydroxylation is 2. The topological polar surface area (TPSA) is 84.3 Å². The predicted molar refractivity (Wildman–Crippen MR) is 152 cm³/mol. The second-order valence-corrected chi connectivity index (χ2v) is 10.1. The fourth-order valence-electron chi connectivity index (χ4n) is 3.22. The smallest absolute Gasteiger partial charge is 0.266 e. The van der Waals surface area contributed by atoms with Crippen molar-refractivity contribution in [2.24, 2.45) is 0 Å². The zero-order valence-corrected chi connectivity index (χ0v) is 23.1. The molecule has 0 saturated carbocycles. The van der Waals surface area contributed by atoms with E-state index in [1.807, 2.05) is 44.2 Å². The van der Waals surface area contributed by atoms with Gasteiger partial charge in [-0.25, -0.2) is 4.98 Å². The Bertz CT molecular complexity index is 1510. The third-order valence-corrected chi connectivity index (χ3v) is 7.02. The molecule has 4 rings (SSSR count). The monoisotopic (exact) mass is 556 g/mol. The van der Waals surface area contributed by atoms with E-state index in [2.05, 4.69) is 10.3 Å². The van der Waals surface area contributed by atoms with Gasteiger partial charge in [0.25, 0.3) is 5.56 Å². The van der Waals surface area contributed by atoms with E-state index in [0.29, 0.717) is 32.5 Å². The number of rotatable bonds is 6. The van der Waals surface area contributed by atoms with Crippen LogP contribution in [0.1, 0.15) is 11.1 Å². The summed E-state index contributed by atoms with van der Waals surface area (Å²) in [5.74, 6) is -0.244. The molecule has 0 aliphatic carbocycles. The van der Waals surface area contributed by atoms with Crippen LogP contribution in [0.15, 0.2) is 70.6 Å². The number of para-hydroxylation sites is 1. The molecule has 0 radical (unpaired) electrons. The third kappa shape index (κ3) is 7.13. The minimum absolute atomic E-state index is 0.0401. The summed E-state index contributed by atoms with van der Waals surface area (Å²) < 4.78 is 1.55. The Balaban J connectivity index is 0.000000695. The maximum atomic E-state index is 13.3. The van der Waals surface area contributed by atoms with E-state index < -0.39 is 0 Å². The van der Waals surface area contributed by atoms with Gasteiger partial charge < -0.3 is 10.2 Å². The van der Waals surface area contributed by atoms with Crippen LogP contribution in [0, 0.1) is 13.8 Å². The normalized spacial score (nSPS) is 10.4. The molecule has 0 fully saturated rings. The first-order valence-corrected chi connectivity index (χ1v) is 12.9. The molecule has 1 heterocycles. The molecule has 2 amide bonds. The zero-order valence-electron chi connectivity index (χ0n) is 20.8. The number of hydrogen-bond donors (Lipinski definition) is 1. The standard InChI is InChI=1S/C24H19Cl2N3O2S.C3H7NO/c1-14-10-11-16(12-15(14)2)29-23(31)17-6-3-4-8-19(17)28-24(29)32-13-21(30)27-20-9-5-7-18(25)22(20)26;1-4(2)3-5/h3-12H,13H2,1-2H3,(H,27,30);3H,1-2H3. The largest absolute Gasteiger partial charge is 0.351 e. The van der Waals surface area contributed by atoms with E-state index in [0.717, 1.165) is 17.5 Å². The summed E-state index contributed by atoms with van der Waals surface area (Å²) in [5, 5.41) is 4.35. The molecular formula is C27H26Cl2N4O3S. The number of halogens is 2. The Kier molecular flexibility index (Phi) is 9.74. The van der Waals surface area contributed by atoms with Crippen molar-refractivity contribution in [2.45, 2.75) is 19.0 Å². The number of amides is 2. The highest BCUT2D eigenvalue weighted by Crippen LogP contribution is 2.30. The Morgan fingerprint density at radius 2 is 1.76 bits per heavy atom. The van der Waals surface area contributed by atoms with Crippen LogP contribution in [-0.4, -0.2) is 46.6 Å². The molecule has 7 nitrogen and oxygen atoms in total. The Labute approximate surface area is 229 Å². The van der Waals surface area contributed by atoms with E-state index in [9.17, 15) is 14.4 Å². The fraction of sp³-hybridized carbons (Fsp3) is 0.185. The lowest BCUT2D eigenvalue weighted by Crippen LogP contribution is -2.23. The number of thioether (sulfide) groups is 1. The van der Waals surface area contributed by atoms with Gasteiger partial charge in [-0.3, -0.25) is 19.0 Å². The van der Waals surface area contributed by atoms with Crippen molar-refractivity contribution in [1.29, 1.82) is 0 Å². The average Bonchev–Trinajstić information content (AvgIpc) is 2.88. The van der Waals surface area contributed by atoms with Crippen LogP contribution in [0.5, 0.6) is 0 Å². The number of hydrogen-bond acceptors (Lipinski definition) is 5. The molecule has 1 aromatic heterocycles. The van der Waals surface area contributed by atoms with Crippen LogP contribution >= 0.6 is 35.0 Å². The summed E-state index contributed by atoms with van der Waals surface area (Å²) in [6.45, 7) is 4.01. The molecule has 0 saturated heterocycles. The molecule has 0 aliphatic heterocycles. The first-order valence-electron chi connectivity index (χ1n) is 11.2. The van der Waals surface area contributed by atoms with Gasteiger partial charge in [0.05, 0.1) is 38.1 Å². The van der Waals surface area contributed by atoms with Crippen LogP contribution in [0.2, 0.25) is 10.0 Å². The lowest BCUT2D eigenvalue weighted by Gasteiger charge is -2.14. The number of carbonyl (C=O) groups excluding carboxylic acids is 2. The van der Waals surface area contributed by atoms with Gasteiger partial charge in [0, 0.05) is 14.1 Å². The maximum Gasteiger partial charge on any atom is 0.266 e. The van der Waals surface area contributed by atoms with Crippen molar-refractivity contribution in [2.75, 3.05) is 25.2 Å². The van der Waals surface area contributed by atoms with Gasteiger partial charge in [-0.2, -0.15) is 0 Å². The van der Waals surface area contributed by atoms with Crippen LogP contribution < -0.4 is 10.9 Å². The minimum atomic E-state index is -0.284. The number of aromatic nitrogens is 2. The number of nitrogens with zero attached hydrogens (tertiary/aromatic N) is 3. The molecule has 0 bridgehead atoms. The highest BCUT2D eigenvalue weighted by Gasteiger charge is 2.16. The summed E-state index contributed by atoms with van der Waals surface area (Å²) in [6, 6.07) is 18.0. The van der Waals surface area contributed by atoms with Crippen molar-refractivity contribution in [1.82, 2.24) is 14.5 Å². The van der Waals surface area contributed by atoms with E-state index in [4.69, 9.17) is 23.2 Å². The first-order chi connectivity index (χ1) is 17.6. The number of fused-ring (bicyclic) bond motifs is 1. The second kappa shape index (κ2) is 12.8. The first kappa shape index (κ1) is 28.2. The fourth-order valence-corrected chi connectivity index (χ4v) is 4.38. The molecule has 4 aromatic rings. The van der Waals surface area contributed by atoms with Crippen molar-refractivity contribution < 1.29 is 9.59 Å². The van der Waals surface area contributed by atoms with Gasteiger partial charge in [-0.1, -0.05) is 59.2 Å². The molecule has 0 spiro atoms. The summed E-state index contributed by atoms with van der Waals surface area (Å²) in [5.41, 5.74) is 3.73. The molecule has 192 valence electrons. The Hall–Kier alpha value is -3.33. The molecule has 0 unspecified atom stereocenters. The van der Waals surface area contributed by atoms with Gasteiger partial charge in [-0.05, 0) is 61.4 Å². The van der Waals surface area contributed by atoms with Gasteiger partial charge in [0.1, 0.15) is 0 Å². The van der Waals surface area contributed by atoms with Crippen LogP contribution in [-0.2, 0) is 9.59 Å². The third-order valence-electron chi connectivity index (χ3n) is 5.26. The molecule has 37 heavy (non-hydrogen) atoms. The number of carbonyl (C=O) groups is 2. The van der Waals surface area contributed by atoms with Crippen LogP contribution in [0.25, 0.3) is 16.6 Å². The predicted octanol–water partition coefficient (Wildman–Crippen LogP) is 5.74. The zero-order chi connectivity index (χ0) is 27.1. The van der Waals surface area contributed by atoms with Gasteiger partial charge in [0.2, 0.25) is 12.3 Å².